The van der Waals surface area contributed by atoms with Crippen molar-refractivity contribution in [2.24, 2.45) is 5.73 Å². The average Bonchev–Trinajstić information content (AvgIpc) is 3.30. The maximum absolute atomic E-state index is 13.0. The topological polar surface area (TPSA) is 84.5 Å². The molecule has 2 amide bonds. The first-order valence-electron chi connectivity index (χ1n) is 10.5. The molecule has 0 radical (unpaired) electrons. The number of amides is 2. The molecule has 1 aliphatic rings. The van der Waals surface area contributed by atoms with E-state index in [2.05, 4.69) is 34.1 Å². The predicted octanol–water partition coefficient (Wildman–Crippen LogP) is 3.21. The van der Waals surface area contributed by atoms with Crippen molar-refractivity contribution in [1.82, 2.24) is 19.4 Å². The van der Waals surface area contributed by atoms with E-state index in [-0.39, 0.29) is 12.1 Å². The Kier molecular flexibility index (Phi) is 6.13. The number of aromatic nitrogens is 2. The highest BCUT2D eigenvalue weighted by molar-refractivity contribution is 5.94. The summed E-state index contributed by atoms with van der Waals surface area (Å²) < 4.78 is 1.50. The first kappa shape index (κ1) is 20.8. The summed E-state index contributed by atoms with van der Waals surface area (Å²) in [6.07, 6.45) is 5.10. The van der Waals surface area contributed by atoms with Gasteiger partial charge in [0.2, 0.25) is 5.91 Å². The van der Waals surface area contributed by atoms with Gasteiger partial charge in [0.25, 0.3) is 0 Å². The third kappa shape index (κ3) is 4.83. The smallest absolute Gasteiger partial charge is 0.329 e. The molecule has 0 atom stereocenters. The Hall–Kier alpha value is -3.45. The Labute approximate surface area is 182 Å². The minimum Gasteiger partial charge on any atom is -0.366 e. The van der Waals surface area contributed by atoms with Gasteiger partial charge < -0.3 is 10.6 Å². The van der Waals surface area contributed by atoms with Crippen molar-refractivity contribution in [3.05, 3.63) is 78.2 Å². The fourth-order valence-electron chi connectivity index (χ4n) is 4.05. The molecule has 160 valence electrons. The quantitative estimate of drug-likeness (QED) is 0.691. The number of likely N-dealkylation sites (tertiary alicyclic amines) is 1. The second kappa shape index (κ2) is 9.14. The van der Waals surface area contributed by atoms with Crippen LogP contribution in [-0.2, 0) is 6.54 Å². The second-order valence-corrected chi connectivity index (χ2v) is 8.00. The van der Waals surface area contributed by atoms with Crippen molar-refractivity contribution in [2.45, 2.75) is 25.4 Å². The Morgan fingerprint density at radius 1 is 1.10 bits per heavy atom. The van der Waals surface area contributed by atoms with Crippen LogP contribution in [0.3, 0.4) is 0 Å². The van der Waals surface area contributed by atoms with E-state index < -0.39 is 5.91 Å². The van der Waals surface area contributed by atoms with Crippen molar-refractivity contribution >= 4 is 11.9 Å². The van der Waals surface area contributed by atoms with Gasteiger partial charge in [-0.05, 0) is 30.5 Å². The lowest BCUT2D eigenvalue weighted by Crippen LogP contribution is -2.46. The van der Waals surface area contributed by atoms with Crippen LogP contribution in [0.2, 0.25) is 0 Å². The van der Waals surface area contributed by atoms with E-state index in [1.807, 2.05) is 24.1 Å². The summed E-state index contributed by atoms with van der Waals surface area (Å²) in [5.74, 6) is -0.490. The van der Waals surface area contributed by atoms with Crippen LogP contribution in [0.1, 0.15) is 28.8 Å². The number of benzene rings is 2. The van der Waals surface area contributed by atoms with Gasteiger partial charge in [0.05, 0.1) is 5.69 Å². The minimum atomic E-state index is -0.490. The summed E-state index contributed by atoms with van der Waals surface area (Å²) in [5, 5.41) is 0. The number of hydrogen-bond donors (Lipinski definition) is 1. The van der Waals surface area contributed by atoms with E-state index in [9.17, 15) is 9.59 Å². The number of nitrogens with zero attached hydrogens (tertiary/aromatic N) is 4. The van der Waals surface area contributed by atoms with E-state index in [0.29, 0.717) is 11.3 Å². The number of imidazole rings is 1. The van der Waals surface area contributed by atoms with Crippen LogP contribution in [-0.4, -0.2) is 57.5 Å². The molecular formula is C24H27N5O2. The lowest BCUT2D eigenvalue weighted by atomic mass is 10.0. The van der Waals surface area contributed by atoms with Gasteiger partial charge >= 0.3 is 6.03 Å². The van der Waals surface area contributed by atoms with E-state index >= 15 is 0 Å². The highest BCUT2D eigenvalue weighted by Crippen LogP contribution is 2.21. The Morgan fingerprint density at radius 2 is 1.84 bits per heavy atom. The minimum absolute atomic E-state index is 0.105. The molecule has 7 nitrogen and oxygen atoms in total. The molecular weight excluding hydrogens is 390 g/mol. The zero-order valence-corrected chi connectivity index (χ0v) is 17.6. The van der Waals surface area contributed by atoms with E-state index in [1.54, 1.807) is 24.4 Å². The van der Waals surface area contributed by atoms with Crippen LogP contribution in [0.25, 0.3) is 11.3 Å². The molecule has 1 saturated heterocycles. The van der Waals surface area contributed by atoms with Crippen LogP contribution in [0.5, 0.6) is 0 Å². The molecule has 0 spiro atoms. The molecule has 2 heterocycles. The Bertz CT molecular complexity index is 1050. The number of primary amides is 1. The van der Waals surface area contributed by atoms with E-state index in [0.717, 1.165) is 38.0 Å². The second-order valence-electron chi connectivity index (χ2n) is 8.00. The largest absolute Gasteiger partial charge is 0.366 e. The fourth-order valence-corrected chi connectivity index (χ4v) is 4.05. The summed E-state index contributed by atoms with van der Waals surface area (Å²) in [6, 6.07) is 17.5. The maximum atomic E-state index is 13.0. The number of piperidine rings is 1. The van der Waals surface area contributed by atoms with Crippen LogP contribution >= 0.6 is 0 Å². The lowest BCUT2D eigenvalue weighted by Gasteiger charge is -2.36. The number of hydrogen-bond acceptors (Lipinski definition) is 4. The van der Waals surface area contributed by atoms with Crippen molar-refractivity contribution < 1.29 is 9.59 Å². The molecule has 3 aromatic rings. The van der Waals surface area contributed by atoms with Gasteiger partial charge in [-0.1, -0.05) is 42.5 Å². The third-order valence-corrected chi connectivity index (χ3v) is 5.90. The summed E-state index contributed by atoms with van der Waals surface area (Å²) in [7, 11) is 1.85. The molecule has 0 bridgehead atoms. The van der Waals surface area contributed by atoms with Gasteiger partial charge in [-0.15, -0.1) is 0 Å². The monoisotopic (exact) mass is 417 g/mol. The van der Waals surface area contributed by atoms with Gasteiger partial charge in [-0.2, -0.15) is 0 Å². The van der Waals surface area contributed by atoms with E-state index in [4.69, 9.17) is 5.73 Å². The first-order chi connectivity index (χ1) is 15.0. The zero-order chi connectivity index (χ0) is 21.8. The van der Waals surface area contributed by atoms with Crippen LogP contribution in [0, 0.1) is 0 Å². The summed E-state index contributed by atoms with van der Waals surface area (Å²) in [5.41, 5.74) is 8.47. The molecule has 2 N–H and O–H groups in total. The van der Waals surface area contributed by atoms with Gasteiger partial charge in [-0.25, -0.2) is 9.78 Å². The van der Waals surface area contributed by atoms with Gasteiger partial charge in [-0.3, -0.25) is 14.3 Å². The molecule has 0 unspecified atom stereocenters. The molecule has 0 aliphatic carbocycles. The number of carbonyl (C=O) groups excluding carboxylic acids is 2. The fraction of sp³-hybridized carbons (Fsp3) is 0.292. The maximum Gasteiger partial charge on any atom is 0.329 e. The highest BCUT2D eigenvalue weighted by Gasteiger charge is 2.26. The molecule has 7 heteroatoms. The number of nitrogens with two attached hydrogens (primary N) is 1. The summed E-state index contributed by atoms with van der Waals surface area (Å²) in [6.45, 7) is 2.87. The highest BCUT2D eigenvalue weighted by atomic mass is 16.2. The molecule has 1 aromatic heterocycles. The van der Waals surface area contributed by atoms with Crippen molar-refractivity contribution in [1.29, 1.82) is 0 Å². The lowest BCUT2D eigenvalue weighted by molar-refractivity contribution is 0.1000. The van der Waals surface area contributed by atoms with Gasteiger partial charge in [0, 0.05) is 50.0 Å². The Balaban J connectivity index is 1.37. The average molecular weight is 418 g/mol. The molecule has 2 aromatic carbocycles. The van der Waals surface area contributed by atoms with Crippen LogP contribution in [0.15, 0.2) is 67.1 Å². The first-order valence-corrected chi connectivity index (χ1v) is 10.5. The third-order valence-electron chi connectivity index (χ3n) is 5.90. The molecule has 0 saturated carbocycles. The predicted molar refractivity (Wildman–Crippen MR) is 119 cm³/mol. The standard InChI is InChI=1S/C24H27N5O2/c1-27(21-10-12-28(13-11-21)15-18-6-3-2-4-7-18)24(31)29-16-22(26-17-29)19-8-5-9-20(14-19)23(25)30/h2-9,14,16-17,21H,10-13,15H2,1H3,(H2,25,30). The number of rotatable bonds is 5. The molecule has 1 fully saturated rings. The zero-order valence-electron chi connectivity index (χ0n) is 17.6. The molecule has 4 rings (SSSR count). The number of carbonyl (C=O) groups is 2. The molecule has 31 heavy (non-hydrogen) atoms. The van der Waals surface area contributed by atoms with Gasteiger partial charge in [0.15, 0.2) is 0 Å². The molecule has 1 aliphatic heterocycles. The SMILES string of the molecule is CN(C(=O)n1cnc(-c2cccc(C(N)=O)c2)c1)C1CCN(Cc2ccccc2)CC1. The van der Waals surface area contributed by atoms with Crippen molar-refractivity contribution in [3.8, 4) is 11.3 Å². The van der Waals surface area contributed by atoms with Crippen molar-refractivity contribution in [3.63, 3.8) is 0 Å². The normalized spacial score (nSPS) is 15.0. The van der Waals surface area contributed by atoms with E-state index in [1.165, 1.54) is 16.5 Å². The Morgan fingerprint density at radius 3 is 2.55 bits per heavy atom. The van der Waals surface area contributed by atoms with Crippen LogP contribution in [0.4, 0.5) is 4.79 Å². The van der Waals surface area contributed by atoms with Crippen molar-refractivity contribution in [2.75, 3.05) is 20.1 Å². The summed E-state index contributed by atoms with van der Waals surface area (Å²) in [4.78, 5) is 33.0. The summed E-state index contributed by atoms with van der Waals surface area (Å²) >= 11 is 0. The van der Waals surface area contributed by atoms with Gasteiger partial charge in [0.1, 0.15) is 6.33 Å². The van der Waals surface area contributed by atoms with Crippen LogP contribution < -0.4 is 5.73 Å².